The van der Waals surface area contributed by atoms with Crippen LogP contribution in [0.25, 0.3) is 5.65 Å². The van der Waals surface area contributed by atoms with Crippen LogP contribution in [0.15, 0.2) is 30.5 Å². The minimum Gasteiger partial charge on any atom is -0.481 e. The molecule has 2 aliphatic rings. The van der Waals surface area contributed by atoms with Gasteiger partial charge in [0.2, 0.25) is 10.0 Å². The second kappa shape index (κ2) is 12.9. The van der Waals surface area contributed by atoms with Gasteiger partial charge in [-0.3, -0.25) is 19.1 Å². The van der Waals surface area contributed by atoms with E-state index in [1.165, 1.54) is 18.2 Å². The average molecular weight is 658 g/mol. The van der Waals surface area contributed by atoms with Gasteiger partial charge in [-0.05, 0) is 44.4 Å². The molecular formula is C29H32ClN7O7S. The number of amides is 1. The number of nitrogens with zero attached hydrogens (tertiary/aromatic N) is 6. The van der Waals surface area contributed by atoms with Crippen molar-refractivity contribution < 1.29 is 32.6 Å². The van der Waals surface area contributed by atoms with E-state index in [9.17, 15) is 28.1 Å². The summed E-state index contributed by atoms with van der Waals surface area (Å²) < 4.78 is 33.4. The number of carbonyl (C=O) groups is 3. The van der Waals surface area contributed by atoms with Crippen LogP contribution in [0.1, 0.15) is 59.8 Å². The van der Waals surface area contributed by atoms with Gasteiger partial charge in [0.25, 0.3) is 5.91 Å². The summed E-state index contributed by atoms with van der Waals surface area (Å²) in [4.78, 5) is 45.2. The van der Waals surface area contributed by atoms with Crippen molar-refractivity contribution >= 4 is 56.6 Å². The molecule has 5 rings (SSSR count). The molecule has 14 nitrogen and oxygen atoms in total. The number of rotatable bonds is 9. The van der Waals surface area contributed by atoms with Gasteiger partial charge in [0.05, 0.1) is 54.7 Å². The number of carboxylic acid groups (broad SMARTS) is 1. The third kappa shape index (κ3) is 7.29. The normalized spacial score (nSPS) is 20.2. The summed E-state index contributed by atoms with van der Waals surface area (Å²) in [5.74, 6) is -2.19. The molecule has 4 heterocycles. The maximum Gasteiger partial charge on any atom is 0.306 e. The lowest BCUT2D eigenvalue weighted by molar-refractivity contribution is -0.152. The van der Waals surface area contributed by atoms with Crippen molar-refractivity contribution in [2.45, 2.75) is 51.2 Å². The van der Waals surface area contributed by atoms with Gasteiger partial charge < -0.3 is 19.6 Å². The molecule has 238 valence electrons. The van der Waals surface area contributed by atoms with Crippen LogP contribution in [0.4, 0.5) is 11.5 Å². The third-order valence-electron chi connectivity index (χ3n) is 7.79. The number of sulfonamides is 1. The van der Waals surface area contributed by atoms with Crippen molar-refractivity contribution in [1.82, 2.24) is 19.5 Å². The first-order valence-electron chi connectivity index (χ1n) is 14.3. The van der Waals surface area contributed by atoms with Crippen molar-refractivity contribution in [1.29, 1.82) is 5.26 Å². The molecule has 16 heteroatoms. The number of ether oxygens (including phenoxy) is 1. The Morgan fingerprint density at radius 2 is 1.98 bits per heavy atom. The maximum atomic E-state index is 13.9. The molecule has 1 aromatic carbocycles. The highest BCUT2D eigenvalue weighted by molar-refractivity contribution is 7.92. The van der Waals surface area contributed by atoms with Crippen molar-refractivity contribution in [2.75, 3.05) is 35.5 Å². The number of fused-ring (bicyclic) bond motifs is 1. The number of carboxylic acids is 1. The van der Waals surface area contributed by atoms with E-state index in [1.807, 2.05) is 11.8 Å². The Hall–Kier alpha value is -4.42. The number of piperidine rings is 1. The van der Waals surface area contributed by atoms with Gasteiger partial charge in [0.1, 0.15) is 17.8 Å². The standard InChI is InChI=1S/C29H32ClN7O7S/c1-17-14-37-25(32-28(17)35-15-18(13-31)24(16-35)44-27(40)9-8-26(38)39)12-22(33-37)23-5-3-4-10-36(23)29(41)20-11-19(30)6-7-21(20)34-45(2,42)43/h6-7,11-12,14,18,23-24,34H,3-5,8-10,15-16H2,1-2H3,(H,38,39)/t18-,23-,24+/m0/s1. The molecule has 2 N–H and O–H groups in total. The first-order chi connectivity index (χ1) is 21.3. The lowest BCUT2D eigenvalue weighted by Gasteiger charge is -2.35. The van der Waals surface area contributed by atoms with Crippen molar-refractivity contribution in [3.05, 3.63) is 52.3 Å². The van der Waals surface area contributed by atoms with E-state index < -0.39 is 40.0 Å². The molecular weight excluding hydrogens is 626 g/mol. The van der Waals surface area contributed by atoms with Crippen LogP contribution < -0.4 is 9.62 Å². The third-order valence-corrected chi connectivity index (χ3v) is 8.62. The first kappa shape index (κ1) is 32.0. The van der Waals surface area contributed by atoms with Gasteiger partial charge in [-0.2, -0.15) is 10.4 Å². The molecule has 3 atom stereocenters. The van der Waals surface area contributed by atoms with Gasteiger partial charge in [-0.1, -0.05) is 11.6 Å². The highest BCUT2D eigenvalue weighted by atomic mass is 35.5. The van der Waals surface area contributed by atoms with E-state index in [2.05, 4.69) is 10.8 Å². The van der Waals surface area contributed by atoms with E-state index in [1.54, 1.807) is 21.7 Å². The number of hydrogen-bond donors (Lipinski definition) is 2. The number of nitriles is 1. The topological polar surface area (TPSA) is 187 Å². The maximum absolute atomic E-state index is 13.9. The van der Waals surface area contributed by atoms with Gasteiger partial charge in [0.15, 0.2) is 5.65 Å². The minimum atomic E-state index is -3.65. The largest absolute Gasteiger partial charge is 0.481 e. The summed E-state index contributed by atoms with van der Waals surface area (Å²) >= 11 is 6.20. The summed E-state index contributed by atoms with van der Waals surface area (Å²) in [6.45, 7) is 2.78. The SMILES string of the molecule is Cc1cn2nc([C@@H]3CCCCN3C(=O)c3cc(Cl)ccc3NS(C)(=O)=O)cc2nc1N1C[C@H](C#N)[C@H](OC(=O)CCC(=O)O)C1. The minimum absolute atomic E-state index is 0.138. The number of nitrogens with one attached hydrogen (secondary N) is 1. The van der Waals surface area contributed by atoms with Crippen LogP contribution in [0.3, 0.4) is 0 Å². The number of esters is 1. The average Bonchev–Trinajstić information content (AvgIpc) is 3.58. The molecule has 0 unspecified atom stereocenters. The molecule has 2 saturated heterocycles. The van der Waals surface area contributed by atoms with Crippen LogP contribution in [0.2, 0.25) is 5.02 Å². The first-order valence-corrected chi connectivity index (χ1v) is 16.6. The number of aryl methyl sites for hydroxylation is 1. The van der Waals surface area contributed by atoms with E-state index in [-0.39, 0.29) is 43.1 Å². The molecule has 0 spiro atoms. The molecule has 2 aliphatic heterocycles. The van der Waals surface area contributed by atoms with Crippen LogP contribution >= 0.6 is 11.6 Å². The Labute approximate surface area is 264 Å². The van der Waals surface area contributed by atoms with Gasteiger partial charge in [-0.15, -0.1) is 0 Å². The fourth-order valence-electron chi connectivity index (χ4n) is 5.75. The Bertz CT molecular complexity index is 1810. The second-order valence-corrected chi connectivity index (χ2v) is 13.4. The lowest BCUT2D eigenvalue weighted by Crippen LogP contribution is -2.39. The van der Waals surface area contributed by atoms with E-state index in [4.69, 9.17) is 31.5 Å². The molecule has 2 fully saturated rings. The summed E-state index contributed by atoms with van der Waals surface area (Å²) in [5.41, 5.74) is 2.17. The molecule has 45 heavy (non-hydrogen) atoms. The van der Waals surface area contributed by atoms with Crippen molar-refractivity contribution in [3.63, 3.8) is 0 Å². The van der Waals surface area contributed by atoms with Gasteiger partial charge in [-0.25, -0.2) is 17.9 Å². The molecule has 0 saturated carbocycles. The number of aliphatic carboxylic acids is 1. The zero-order valence-corrected chi connectivity index (χ0v) is 26.2. The predicted molar refractivity (Wildman–Crippen MR) is 163 cm³/mol. The summed E-state index contributed by atoms with van der Waals surface area (Å²) in [6, 6.07) is 8.00. The monoisotopic (exact) mass is 657 g/mol. The second-order valence-electron chi connectivity index (χ2n) is 11.3. The summed E-state index contributed by atoms with van der Waals surface area (Å²) in [5, 5.41) is 23.6. The molecule has 0 radical (unpaired) electrons. The number of aromatic nitrogens is 3. The number of benzene rings is 1. The van der Waals surface area contributed by atoms with Crippen LogP contribution in [-0.4, -0.2) is 82.9 Å². The number of likely N-dealkylation sites (tertiary alicyclic amines) is 1. The zero-order valence-electron chi connectivity index (χ0n) is 24.6. The zero-order chi connectivity index (χ0) is 32.5. The van der Waals surface area contributed by atoms with Crippen molar-refractivity contribution in [3.8, 4) is 6.07 Å². The highest BCUT2D eigenvalue weighted by Gasteiger charge is 2.38. The number of halogens is 1. The molecule has 1 amide bonds. The van der Waals surface area contributed by atoms with Gasteiger partial charge >= 0.3 is 11.9 Å². The van der Waals surface area contributed by atoms with E-state index in [0.717, 1.165) is 24.7 Å². The van der Waals surface area contributed by atoms with E-state index in [0.29, 0.717) is 35.1 Å². The van der Waals surface area contributed by atoms with Crippen LogP contribution in [0, 0.1) is 24.2 Å². The Morgan fingerprint density at radius 3 is 2.69 bits per heavy atom. The fourth-order valence-corrected chi connectivity index (χ4v) is 6.50. The summed E-state index contributed by atoms with van der Waals surface area (Å²) in [7, 11) is -3.65. The lowest BCUT2D eigenvalue weighted by atomic mass is 9.98. The Kier molecular flexibility index (Phi) is 9.17. The summed E-state index contributed by atoms with van der Waals surface area (Å²) in [6.07, 6.45) is 3.72. The van der Waals surface area contributed by atoms with E-state index >= 15 is 0 Å². The number of anilines is 2. The number of carbonyl (C=O) groups excluding carboxylic acids is 2. The number of hydrogen-bond acceptors (Lipinski definition) is 10. The molecule has 2 aromatic heterocycles. The smallest absolute Gasteiger partial charge is 0.306 e. The quantitative estimate of drug-likeness (QED) is 0.322. The van der Waals surface area contributed by atoms with Crippen LogP contribution in [0.5, 0.6) is 0 Å². The Balaban J connectivity index is 1.40. The van der Waals surface area contributed by atoms with Crippen LogP contribution in [-0.2, 0) is 24.3 Å². The fraction of sp³-hybridized carbons (Fsp3) is 0.448. The Morgan fingerprint density at radius 1 is 1.20 bits per heavy atom. The van der Waals surface area contributed by atoms with Gasteiger partial charge in [0, 0.05) is 35.9 Å². The molecule has 3 aromatic rings. The predicted octanol–water partition coefficient (Wildman–Crippen LogP) is 3.17. The van der Waals surface area contributed by atoms with Crippen molar-refractivity contribution in [2.24, 2.45) is 5.92 Å². The highest BCUT2D eigenvalue weighted by Crippen LogP contribution is 2.35. The molecule has 0 aliphatic carbocycles. The molecule has 0 bridgehead atoms.